The normalized spacial score (nSPS) is 10.7. The molecule has 0 amide bonds. The summed E-state index contributed by atoms with van der Waals surface area (Å²) in [7, 11) is 3.16. The Morgan fingerprint density at radius 3 is 2.48 bits per heavy atom. The van der Waals surface area contributed by atoms with Crippen molar-refractivity contribution in [2.24, 2.45) is 0 Å². The van der Waals surface area contributed by atoms with Crippen molar-refractivity contribution in [1.29, 1.82) is 0 Å². The van der Waals surface area contributed by atoms with E-state index in [4.69, 9.17) is 14.2 Å². The molecule has 0 heterocycles. The monoisotopic (exact) mass is 320 g/mol. The van der Waals surface area contributed by atoms with Gasteiger partial charge in [-0.05, 0) is 18.6 Å². The molecule has 128 valence electrons. The van der Waals surface area contributed by atoms with Crippen LogP contribution in [0.1, 0.15) is 51.0 Å². The highest BCUT2D eigenvalue weighted by molar-refractivity contribution is 5.87. The first kappa shape index (κ1) is 19.1. The third kappa shape index (κ3) is 7.22. The lowest BCUT2D eigenvalue weighted by atomic mass is 10.1. The van der Waals surface area contributed by atoms with Gasteiger partial charge in [-0.1, -0.05) is 51.2 Å². The van der Waals surface area contributed by atoms with Gasteiger partial charge in [-0.3, -0.25) is 0 Å². The van der Waals surface area contributed by atoms with E-state index in [1.54, 1.807) is 20.3 Å². The first-order valence-electron chi connectivity index (χ1n) is 8.28. The van der Waals surface area contributed by atoms with Gasteiger partial charge in [-0.25, -0.2) is 4.79 Å². The standard InChI is InChI=1S/C19H28O4/c1-4-5-6-7-8-9-15-23-18(20)14-13-16-11-10-12-17(21-2)19(16)22-3/h10-14H,4-9,15H2,1-3H3/b14-13+. The van der Waals surface area contributed by atoms with Crippen LogP contribution in [0.3, 0.4) is 0 Å². The van der Waals surface area contributed by atoms with Crippen LogP contribution in [-0.4, -0.2) is 26.8 Å². The summed E-state index contributed by atoms with van der Waals surface area (Å²) in [5.41, 5.74) is 0.781. The molecule has 0 spiro atoms. The lowest BCUT2D eigenvalue weighted by Gasteiger charge is -2.09. The fourth-order valence-electron chi connectivity index (χ4n) is 2.30. The predicted molar refractivity (Wildman–Crippen MR) is 92.9 cm³/mol. The van der Waals surface area contributed by atoms with Crippen LogP contribution in [-0.2, 0) is 9.53 Å². The van der Waals surface area contributed by atoms with E-state index in [0.29, 0.717) is 18.1 Å². The Morgan fingerprint density at radius 2 is 1.78 bits per heavy atom. The topological polar surface area (TPSA) is 44.8 Å². The lowest BCUT2D eigenvalue weighted by Crippen LogP contribution is -2.02. The predicted octanol–water partition coefficient (Wildman–Crippen LogP) is 4.62. The second-order valence-corrected chi connectivity index (χ2v) is 5.35. The molecule has 0 saturated carbocycles. The molecule has 0 atom stereocenters. The van der Waals surface area contributed by atoms with E-state index in [1.165, 1.54) is 31.8 Å². The molecule has 0 radical (unpaired) electrons. The molecule has 23 heavy (non-hydrogen) atoms. The van der Waals surface area contributed by atoms with Crippen LogP contribution in [0.2, 0.25) is 0 Å². The molecular weight excluding hydrogens is 292 g/mol. The maximum Gasteiger partial charge on any atom is 0.330 e. The van der Waals surface area contributed by atoms with Gasteiger partial charge in [0.1, 0.15) is 0 Å². The Hall–Kier alpha value is -1.97. The number of ether oxygens (including phenoxy) is 3. The minimum absolute atomic E-state index is 0.330. The number of hydrogen-bond acceptors (Lipinski definition) is 4. The molecule has 1 rings (SSSR count). The summed E-state index contributed by atoms with van der Waals surface area (Å²) in [4.78, 5) is 11.7. The van der Waals surface area contributed by atoms with E-state index in [-0.39, 0.29) is 5.97 Å². The highest BCUT2D eigenvalue weighted by Crippen LogP contribution is 2.31. The average Bonchev–Trinajstić information content (AvgIpc) is 2.58. The van der Waals surface area contributed by atoms with E-state index < -0.39 is 0 Å². The SMILES string of the molecule is CCCCCCCCOC(=O)/C=C/c1cccc(OC)c1OC. The van der Waals surface area contributed by atoms with Gasteiger partial charge in [0, 0.05) is 11.6 Å². The van der Waals surface area contributed by atoms with Gasteiger partial charge in [0.15, 0.2) is 11.5 Å². The van der Waals surface area contributed by atoms with Crippen LogP contribution in [0.5, 0.6) is 11.5 Å². The number of unbranched alkanes of at least 4 members (excludes halogenated alkanes) is 5. The second kappa shape index (κ2) is 11.6. The summed E-state index contributed by atoms with van der Waals surface area (Å²) in [6.45, 7) is 2.68. The van der Waals surface area contributed by atoms with Gasteiger partial charge in [0.2, 0.25) is 0 Å². The van der Waals surface area contributed by atoms with Crippen molar-refractivity contribution in [2.45, 2.75) is 45.4 Å². The molecule has 0 unspecified atom stereocenters. The fourth-order valence-corrected chi connectivity index (χ4v) is 2.30. The zero-order chi connectivity index (χ0) is 16.9. The van der Waals surface area contributed by atoms with E-state index >= 15 is 0 Å². The van der Waals surface area contributed by atoms with Gasteiger partial charge in [0.05, 0.1) is 20.8 Å². The molecule has 4 heteroatoms. The number of carbonyl (C=O) groups is 1. The molecule has 0 bridgehead atoms. The first-order valence-corrected chi connectivity index (χ1v) is 8.28. The summed E-state index contributed by atoms with van der Waals surface area (Å²) in [5.74, 6) is 0.911. The molecule has 0 N–H and O–H groups in total. The van der Waals surface area contributed by atoms with E-state index in [1.807, 2.05) is 18.2 Å². The molecule has 0 aliphatic carbocycles. The summed E-state index contributed by atoms with van der Waals surface area (Å²) >= 11 is 0. The van der Waals surface area contributed by atoms with E-state index in [9.17, 15) is 4.79 Å². The number of hydrogen-bond donors (Lipinski definition) is 0. The fraction of sp³-hybridized carbons (Fsp3) is 0.526. The molecule has 4 nitrogen and oxygen atoms in total. The number of esters is 1. The summed E-state index contributed by atoms with van der Waals surface area (Å²) in [6.07, 6.45) is 10.1. The number of methoxy groups -OCH3 is 2. The van der Waals surface area contributed by atoms with Gasteiger partial charge < -0.3 is 14.2 Å². The van der Waals surface area contributed by atoms with Crippen LogP contribution in [0.15, 0.2) is 24.3 Å². The minimum Gasteiger partial charge on any atom is -0.493 e. The molecule has 0 fully saturated rings. The maximum absolute atomic E-state index is 11.7. The average molecular weight is 320 g/mol. The number of carbonyl (C=O) groups excluding carboxylic acids is 1. The zero-order valence-electron chi connectivity index (χ0n) is 14.5. The number of benzene rings is 1. The maximum atomic E-state index is 11.7. The summed E-state index contributed by atoms with van der Waals surface area (Å²) in [6, 6.07) is 5.52. The van der Waals surface area contributed by atoms with Crippen molar-refractivity contribution < 1.29 is 19.0 Å². The highest BCUT2D eigenvalue weighted by Gasteiger charge is 2.07. The third-order valence-electron chi connectivity index (χ3n) is 3.57. The van der Waals surface area contributed by atoms with Crippen molar-refractivity contribution in [2.75, 3.05) is 20.8 Å². The Kier molecular flexibility index (Phi) is 9.60. The second-order valence-electron chi connectivity index (χ2n) is 5.35. The minimum atomic E-state index is -0.330. The van der Waals surface area contributed by atoms with Crippen molar-refractivity contribution in [3.63, 3.8) is 0 Å². The van der Waals surface area contributed by atoms with Gasteiger partial charge in [-0.2, -0.15) is 0 Å². The van der Waals surface area contributed by atoms with Crippen molar-refractivity contribution in [3.05, 3.63) is 29.8 Å². The van der Waals surface area contributed by atoms with Crippen molar-refractivity contribution in [1.82, 2.24) is 0 Å². The third-order valence-corrected chi connectivity index (χ3v) is 3.57. The Labute approximate surface area is 139 Å². The molecular formula is C19H28O4. The van der Waals surface area contributed by atoms with Crippen LogP contribution >= 0.6 is 0 Å². The van der Waals surface area contributed by atoms with Crippen LogP contribution in [0.25, 0.3) is 6.08 Å². The van der Waals surface area contributed by atoms with E-state index in [2.05, 4.69) is 6.92 Å². The van der Waals surface area contributed by atoms with Gasteiger partial charge in [0.25, 0.3) is 0 Å². The van der Waals surface area contributed by atoms with Gasteiger partial charge in [-0.15, -0.1) is 0 Å². The Balaban J connectivity index is 2.38. The van der Waals surface area contributed by atoms with Gasteiger partial charge >= 0.3 is 5.97 Å². The lowest BCUT2D eigenvalue weighted by molar-refractivity contribution is -0.137. The number of para-hydroxylation sites is 1. The highest BCUT2D eigenvalue weighted by atomic mass is 16.5. The summed E-state index contributed by atoms with van der Waals surface area (Å²) < 4.78 is 15.7. The molecule has 0 aliphatic rings. The quantitative estimate of drug-likeness (QED) is 0.339. The Bertz CT molecular complexity index is 494. The van der Waals surface area contributed by atoms with Crippen LogP contribution < -0.4 is 9.47 Å². The molecule has 0 aliphatic heterocycles. The Morgan fingerprint density at radius 1 is 1.04 bits per heavy atom. The zero-order valence-corrected chi connectivity index (χ0v) is 14.5. The molecule has 0 aromatic heterocycles. The molecule has 0 saturated heterocycles. The number of rotatable bonds is 11. The van der Waals surface area contributed by atoms with Crippen LogP contribution in [0, 0.1) is 0 Å². The van der Waals surface area contributed by atoms with Crippen molar-refractivity contribution in [3.8, 4) is 11.5 Å². The largest absolute Gasteiger partial charge is 0.493 e. The van der Waals surface area contributed by atoms with E-state index in [0.717, 1.165) is 18.4 Å². The molecule has 1 aromatic carbocycles. The van der Waals surface area contributed by atoms with Crippen molar-refractivity contribution >= 4 is 12.0 Å². The smallest absolute Gasteiger partial charge is 0.330 e. The first-order chi connectivity index (χ1) is 11.2. The van der Waals surface area contributed by atoms with Crippen LogP contribution in [0.4, 0.5) is 0 Å². The summed E-state index contributed by atoms with van der Waals surface area (Å²) in [5, 5.41) is 0. The molecule has 1 aromatic rings.